The highest BCUT2D eigenvalue weighted by Crippen LogP contribution is 2.28. The van der Waals surface area contributed by atoms with E-state index in [1.165, 1.54) is 37.4 Å². The number of sulfonamides is 1. The van der Waals surface area contributed by atoms with Gasteiger partial charge < -0.3 is 10.5 Å². The number of halogens is 2. The third-order valence-electron chi connectivity index (χ3n) is 2.66. The fourth-order valence-electron chi connectivity index (χ4n) is 1.64. The van der Waals surface area contributed by atoms with Gasteiger partial charge in [-0.1, -0.05) is 0 Å². The van der Waals surface area contributed by atoms with Gasteiger partial charge in [-0.25, -0.2) is 12.8 Å². The van der Waals surface area contributed by atoms with Gasteiger partial charge in [0, 0.05) is 16.2 Å². The zero-order valence-electron chi connectivity index (χ0n) is 10.9. The highest BCUT2D eigenvalue weighted by Gasteiger charge is 2.19. The molecule has 2 rings (SSSR count). The topological polar surface area (TPSA) is 81.4 Å². The first-order valence-electron chi connectivity index (χ1n) is 5.75. The molecule has 0 aliphatic carbocycles. The van der Waals surface area contributed by atoms with Crippen molar-refractivity contribution in [1.82, 2.24) is 0 Å². The number of hydrogen-bond donors (Lipinski definition) is 2. The largest absolute Gasteiger partial charge is 0.497 e. The van der Waals surface area contributed by atoms with E-state index < -0.39 is 15.8 Å². The second-order valence-corrected chi connectivity index (χ2v) is 6.65. The molecule has 0 heterocycles. The highest BCUT2D eigenvalue weighted by atomic mass is 79.9. The van der Waals surface area contributed by atoms with Gasteiger partial charge in [0.2, 0.25) is 0 Å². The summed E-state index contributed by atoms with van der Waals surface area (Å²) in [5.74, 6) is -0.364. The van der Waals surface area contributed by atoms with Crippen LogP contribution < -0.4 is 15.2 Å². The van der Waals surface area contributed by atoms with Crippen molar-refractivity contribution in [3.05, 3.63) is 46.7 Å². The van der Waals surface area contributed by atoms with E-state index in [1.54, 1.807) is 0 Å². The van der Waals surface area contributed by atoms with Crippen molar-refractivity contribution in [3.63, 3.8) is 0 Å². The Labute approximate surface area is 130 Å². The van der Waals surface area contributed by atoms with Gasteiger partial charge >= 0.3 is 0 Å². The van der Waals surface area contributed by atoms with E-state index in [2.05, 4.69) is 20.7 Å². The zero-order chi connectivity index (χ0) is 15.6. The summed E-state index contributed by atoms with van der Waals surface area (Å²) in [6.07, 6.45) is 0. The molecular formula is C13H12BrFN2O3S. The molecule has 0 radical (unpaired) electrons. The lowest BCUT2D eigenvalue weighted by Gasteiger charge is -2.11. The summed E-state index contributed by atoms with van der Waals surface area (Å²) in [6, 6.07) is 8.01. The second kappa shape index (κ2) is 5.90. The summed E-state index contributed by atoms with van der Waals surface area (Å²) in [5, 5.41) is 0. The molecule has 5 nitrogen and oxygen atoms in total. The first kappa shape index (κ1) is 15.6. The van der Waals surface area contributed by atoms with E-state index >= 15 is 0 Å². The monoisotopic (exact) mass is 374 g/mol. The van der Waals surface area contributed by atoms with Crippen LogP contribution in [0.25, 0.3) is 0 Å². The van der Waals surface area contributed by atoms with E-state index in [0.29, 0.717) is 15.9 Å². The molecule has 0 aromatic heterocycles. The Hall–Kier alpha value is -1.80. The van der Waals surface area contributed by atoms with E-state index in [0.717, 1.165) is 6.07 Å². The molecule has 2 aromatic rings. The first-order chi connectivity index (χ1) is 9.83. The van der Waals surface area contributed by atoms with Crippen LogP contribution in [0, 0.1) is 5.82 Å². The molecule has 0 amide bonds. The van der Waals surface area contributed by atoms with Crippen molar-refractivity contribution in [1.29, 1.82) is 0 Å². The molecular weight excluding hydrogens is 363 g/mol. The van der Waals surface area contributed by atoms with E-state index in [1.807, 2.05) is 0 Å². The van der Waals surface area contributed by atoms with E-state index in [9.17, 15) is 12.8 Å². The number of benzene rings is 2. The molecule has 8 heteroatoms. The SMILES string of the molecule is COc1ccc(F)c(NS(=O)(=O)c2ccc(N)cc2Br)c1. The molecule has 0 atom stereocenters. The maximum absolute atomic E-state index is 13.7. The van der Waals surface area contributed by atoms with Crippen molar-refractivity contribution in [2.45, 2.75) is 4.90 Å². The van der Waals surface area contributed by atoms with Crippen molar-refractivity contribution < 1.29 is 17.5 Å². The van der Waals surface area contributed by atoms with Gasteiger partial charge in [0.15, 0.2) is 0 Å². The smallest absolute Gasteiger partial charge is 0.263 e. The fourth-order valence-corrected chi connectivity index (χ4v) is 3.80. The first-order valence-corrected chi connectivity index (χ1v) is 8.02. The Morgan fingerprint density at radius 2 is 1.95 bits per heavy atom. The number of hydrogen-bond acceptors (Lipinski definition) is 4. The summed E-state index contributed by atoms with van der Waals surface area (Å²) in [4.78, 5) is -0.0427. The van der Waals surface area contributed by atoms with Gasteiger partial charge in [-0.3, -0.25) is 4.72 Å². The number of nitrogen functional groups attached to an aromatic ring is 1. The van der Waals surface area contributed by atoms with Crippen LogP contribution in [-0.4, -0.2) is 15.5 Å². The Bertz CT molecular complexity index is 781. The lowest BCUT2D eigenvalue weighted by molar-refractivity contribution is 0.414. The normalized spacial score (nSPS) is 11.2. The van der Waals surface area contributed by atoms with Gasteiger partial charge in [0.25, 0.3) is 10.0 Å². The Balaban J connectivity index is 2.42. The van der Waals surface area contributed by atoms with Gasteiger partial charge in [-0.05, 0) is 46.3 Å². The van der Waals surface area contributed by atoms with Gasteiger partial charge in [0.1, 0.15) is 16.5 Å². The molecule has 0 saturated heterocycles. The second-order valence-electron chi connectivity index (χ2n) is 4.14. The maximum atomic E-state index is 13.7. The van der Waals surface area contributed by atoms with Crippen molar-refractivity contribution in [2.24, 2.45) is 0 Å². The fraction of sp³-hybridized carbons (Fsp3) is 0.0769. The van der Waals surface area contributed by atoms with Crippen LogP contribution in [-0.2, 0) is 10.0 Å². The van der Waals surface area contributed by atoms with Crippen LogP contribution in [0.15, 0.2) is 45.8 Å². The van der Waals surface area contributed by atoms with Gasteiger partial charge in [0.05, 0.1) is 12.8 Å². The predicted molar refractivity (Wildman–Crippen MR) is 82.3 cm³/mol. The summed E-state index contributed by atoms with van der Waals surface area (Å²) in [7, 11) is -2.55. The molecule has 0 aliphatic heterocycles. The van der Waals surface area contributed by atoms with Crippen molar-refractivity contribution >= 4 is 37.3 Å². The minimum Gasteiger partial charge on any atom is -0.497 e. The molecule has 0 fully saturated rings. The Kier molecular flexibility index (Phi) is 4.38. The standard InChI is InChI=1S/C13H12BrFN2O3S/c1-20-9-3-4-11(15)12(7-9)17-21(18,19)13-5-2-8(16)6-10(13)14/h2-7,17H,16H2,1H3. The third-order valence-corrected chi connectivity index (χ3v) is 5.01. The predicted octanol–water partition coefficient (Wildman–Crippen LogP) is 2.98. The number of ether oxygens (including phenoxy) is 1. The summed E-state index contributed by atoms with van der Waals surface area (Å²) in [6.45, 7) is 0. The zero-order valence-corrected chi connectivity index (χ0v) is 13.3. The molecule has 0 saturated carbocycles. The number of methoxy groups -OCH3 is 1. The number of rotatable bonds is 4. The maximum Gasteiger partial charge on any atom is 0.263 e. The molecule has 112 valence electrons. The minimum atomic E-state index is -3.96. The van der Waals surface area contributed by atoms with Crippen LogP contribution in [0.4, 0.5) is 15.8 Å². The van der Waals surface area contributed by atoms with Gasteiger partial charge in [-0.15, -0.1) is 0 Å². The van der Waals surface area contributed by atoms with Gasteiger partial charge in [-0.2, -0.15) is 0 Å². The van der Waals surface area contributed by atoms with Crippen LogP contribution in [0.3, 0.4) is 0 Å². The van der Waals surface area contributed by atoms with Crippen LogP contribution in [0.5, 0.6) is 5.75 Å². The van der Waals surface area contributed by atoms with Crippen molar-refractivity contribution in [2.75, 3.05) is 17.6 Å². The number of anilines is 2. The Morgan fingerprint density at radius 1 is 1.24 bits per heavy atom. The number of nitrogens with one attached hydrogen (secondary N) is 1. The molecule has 0 unspecified atom stereocenters. The molecule has 3 N–H and O–H groups in total. The highest BCUT2D eigenvalue weighted by molar-refractivity contribution is 9.10. The third kappa shape index (κ3) is 3.45. The minimum absolute atomic E-state index is 0.0427. The Morgan fingerprint density at radius 3 is 2.57 bits per heavy atom. The molecule has 0 bridgehead atoms. The van der Waals surface area contributed by atoms with E-state index in [-0.39, 0.29) is 10.6 Å². The summed E-state index contributed by atoms with van der Waals surface area (Å²) < 4.78 is 45.7. The number of nitrogens with two attached hydrogens (primary N) is 1. The lowest BCUT2D eigenvalue weighted by atomic mass is 10.3. The molecule has 21 heavy (non-hydrogen) atoms. The quantitative estimate of drug-likeness (QED) is 0.806. The van der Waals surface area contributed by atoms with E-state index in [4.69, 9.17) is 10.5 Å². The summed E-state index contributed by atoms with van der Waals surface area (Å²) in [5.41, 5.74) is 5.78. The summed E-state index contributed by atoms with van der Waals surface area (Å²) >= 11 is 3.13. The van der Waals surface area contributed by atoms with Crippen LogP contribution in [0.2, 0.25) is 0 Å². The van der Waals surface area contributed by atoms with Crippen LogP contribution >= 0.6 is 15.9 Å². The van der Waals surface area contributed by atoms with Crippen LogP contribution in [0.1, 0.15) is 0 Å². The average molecular weight is 375 g/mol. The lowest BCUT2D eigenvalue weighted by Crippen LogP contribution is -2.14. The molecule has 2 aromatic carbocycles. The average Bonchev–Trinajstić information content (AvgIpc) is 2.40. The molecule has 0 aliphatic rings. The molecule has 0 spiro atoms. The van der Waals surface area contributed by atoms with Crippen molar-refractivity contribution in [3.8, 4) is 5.75 Å².